The van der Waals surface area contributed by atoms with Crippen molar-refractivity contribution in [2.45, 2.75) is 105 Å². The Morgan fingerprint density at radius 2 is 1.30 bits per heavy atom. The zero-order chi connectivity index (χ0) is 27.8. The molecular weight excluding hydrogens is 512 g/mol. The van der Waals surface area contributed by atoms with Gasteiger partial charge in [0.1, 0.15) is 0 Å². The molecule has 0 aromatic heterocycles. The van der Waals surface area contributed by atoms with Crippen LogP contribution in [0.5, 0.6) is 0 Å². The van der Waals surface area contributed by atoms with Gasteiger partial charge in [-0.25, -0.2) is 21.5 Å². The van der Waals surface area contributed by atoms with Crippen molar-refractivity contribution in [2.75, 3.05) is 6.61 Å². The highest BCUT2D eigenvalue weighted by molar-refractivity contribution is 8.15. The predicted octanol–water partition coefficient (Wildman–Crippen LogP) is 5.87. The van der Waals surface area contributed by atoms with E-state index in [-0.39, 0.29) is 36.4 Å². The van der Waals surface area contributed by atoms with Gasteiger partial charge in [0.2, 0.25) is 0 Å². The summed E-state index contributed by atoms with van der Waals surface area (Å²) in [6.07, 6.45) is 9.24. The summed E-state index contributed by atoms with van der Waals surface area (Å²) < 4.78 is 26.2. The van der Waals surface area contributed by atoms with Gasteiger partial charge in [0.05, 0.1) is 5.41 Å². The molecule has 2 aliphatic heterocycles. The zero-order valence-corrected chi connectivity index (χ0v) is 24.2. The van der Waals surface area contributed by atoms with Gasteiger partial charge < -0.3 is 19.3 Å². The fraction of sp³-hybridized carbons (Fsp3) is 0.679. The first-order valence-corrected chi connectivity index (χ1v) is 15.4. The monoisotopic (exact) mass is 554 g/mol. The predicted molar refractivity (Wildman–Crippen MR) is 151 cm³/mol. The molecule has 2 heterocycles. The highest BCUT2D eigenvalue weighted by Crippen LogP contribution is 2.38. The smallest absolute Gasteiger partial charge is 0.309 e. The molecule has 0 aromatic rings. The molecule has 2 atom stereocenters. The van der Waals surface area contributed by atoms with Crippen LogP contribution in [0.2, 0.25) is 0 Å². The van der Waals surface area contributed by atoms with Crippen molar-refractivity contribution in [3.8, 4) is 0 Å². The molecule has 0 spiro atoms. The van der Waals surface area contributed by atoms with Crippen LogP contribution < -0.4 is 0 Å². The Hall–Kier alpha value is -1.39. The number of aliphatic hydroxyl groups is 1. The maximum Gasteiger partial charge on any atom is 0.309 e. The molecule has 9 heteroatoms. The van der Waals surface area contributed by atoms with Gasteiger partial charge in [-0.3, -0.25) is 14.4 Å². The van der Waals surface area contributed by atoms with Crippen LogP contribution in [0, 0.1) is 10.8 Å². The van der Waals surface area contributed by atoms with E-state index in [4.69, 9.17) is 0 Å². The lowest BCUT2D eigenvalue weighted by Crippen LogP contribution is -2.23. The summed E-state index contributed by atoms with van der Waals surface area (Å²) in [6, 6.07) is 0. The molecule has 0 fully saturated rings. The molecule has 37 heavy (non-hydrogen) atoms. The third kappa shape index (κ3) is 10.0. The average Bonchev–Trinajstić information content (AvgIpc) is 2.82. The van der Waals surface area contributed by atoms with E-state index in [1.807, 2.05) is 13.8 Å². The van der Waals surface area contributed by atoms with E-state index in [2.05, 4.69) is 0 Å². The molecule has 2 N–H and O–H groups in total. The van der Waals surface area contributed by atoms with Gasteiger partial charge in [-0.05, 0) is 102 Å². The Morgan fingerprint density at radius 1 is 0.811 bits per heavy atom. The summed E-state index contributed by atoms with van der Waals surface area (Å²) in [7, 11) is -2.78. The fourth-order valence-electron chi connectivity index (χ4n) is 4.39. The molecule has 7 nitrogen and oxygen atoms in total. The Balaban J connectivity index is 1.97. The minimum Gasteiger partial charge on any atom is -0.799 e. The van der Waals surface area contributed by atoms with E-state index in [0.29, 0.717) is 64.5 Å². The summed E-state index contributed by atoms with van der Waals surface area (Å²) >= 11 is 0. The highest BCUT2D eigenvalue weighted by Gasteiger charge is 2.26. The van der Waals surface area contributed by atoms with Crippen molar-refractivity contribution in [1.82, 2.24) is 0 Å². The quantitative estimate of drug-likeness (QED) is 0.191. The SMILES string of the molecule is CC(C)(CO)CCCCC1=CC(=O)CC(CCC2=CC(=O)CC(CCCCC(C)(C)C(=O)O)=S2[O-])=S1[O-]. The van der Waals surface area contributed by atoms with Crippen LogP contribution >= 0.6 is 21.5 Å². The van der Waals surface area contributed by atoms with Crippen molar-refractivity contribution in [3.05, 3.63) is 22.0 Å². The lowest BCUT2D eigenvalue weighted by Gasteiger charge is -2.31. The number of hydrogen-bond donors (Lipinski definition) is 2. The van der Waals surface area contributed by atoms with E-state index in [1.165, 1.54) is 12.2 Å². The Bertz CT molecular complexity index is 1020. The number of hydrogen-bond acceptors (Lipinski definition) is 6. The molecular formula is C28H42O7S2-2. The molecule has 0 aromatic carbocycles. The molecule has 2 aliphatic rings. The summed E-state index contributed by atoms with van der Waals surface area (Å²) in [5.41, 5.74) is -0.968. The minimum atomic E-state index is -1.41. The molecule has 0 saturated heterocycles. The number of aliphatic carboxylic acids is 1. The molecule has 0 saturated carbocycles. The number of carboxylic acid groups (broad SMARTS) is 1. The standard InChI is InChI=1S/C28H42O7S2/c1-27(2,19-29)13-7-5-9-22-15-20(30)17-24(36(22)34)11-12-25-18-21(31)16-23(37(25)35)10-6-8-14-28(3,4)26(32)33/h15,18,29H,5-14,16-17,19H2,1-4H3,(H-2,32,33,34,35)/q-2. The summed E-state index contributed by atoms with van der Waals surface area (Å²) in [5, 5.41) is 18.6. The van der Waals surface area contributed by atoms with Gasteiger partial charge in [0, 0.05) is 19.4 Å². The van der Waals surface area contributed by atoms with Gasteiger partial charge in [0.15, 0.2) is 11.6 Å². The van der Waals surface area contributed by atoms with Crippen LogP contribution in [0.15, 0.2) is 22.0 Å². The third-order valence-electron chi connectivity index (χ3n) is 7.08. The van der Waals surface area contributed by atoms with Crippen LogP contribution in [0.25, 0.3) is 0 Å². The normalized spacial score (nSPS) is 21.3. The van der Waals surface area contributed by atoms with E-state index >= 15 is 0 Å². The minimum absolute atomic E-state index is 0.0772. The maximum absolute atomic E-state index is 13.1. The van der Waals surface area contributed by atoms with Crippen molar-refractivity contribution in [3.63, 3.8) is 0 Å². The Labute approximate surface area is 226 Å². The molecule has 0 radical (unpaired) electrons. The van der Waals surface area contributed by atoms with Crippen molar-refractivity contribution < 1.29 is 33.7 Å². The second-order valence-corrected chi connectivity index (χ2v) is 14.8. The topological polar surface area (TPSA) is 138 Å². The first-order chi connectivity index (χ1) is 17.3. The first kappa shape index (κ1) is 31.8. The summed E-state index contributed by atoms with van der Waals surface area (Å²) in [6.45, 7) is 7.47. The zero-order valence-electron chi connectivity index (χ0n) is 22.6. The number of allylic oxidation sites excluding steroid dienone is 4. The second-order valence-electron chi connectivity index (χ2n) is 11.5. The van der Waals surface area contributed by atoms with Crippen LogP contribution in [-0.4, -0.2) is 53.2 Å². The molecule has 0 aliphatic carbocycles. The van der Waals surface area contributed by atoms with Crippen LogP contribution in [0.4, 0.5) is 0 Å². The van der Waals surface area contributed by atoms with E-state index in [0.717, 1.165) is 19.3 Å². The van der Waals surface area contributed by atoms with Crippen LogP contribution in [0.3, 0.4) is 0 Å². The molecule has 2 rings (SSSR count). The Kier molecular flexibility index (Phi) is 12.1. The van der Waals surface area contributed by atoms with E-state index in [9.17, 15) is 33.7 Å². The van der Waals surface area contributed by atoms with Crippen LogP contribution in [-0.2, 0) is 14.4 Å². The second kappa shape index (κ2) is 14.1. The molecule has 2 unspecified atom stereocenters. The largest absolute Gasteiger partial charge is 0.799 e. The van der Waals surface area contributed by atoms with Gasteiger partial charge in [-0.2, -0.15) is 0 Å². The third-order valence-corrected chi connectivity index (χ3v) is 10.4. The van der Waals surface area contributed by atoms with Gasteiger partial charge >= 0.3 is 5.97 Å². The summed E-state index contributed by atoms with van der Waals surface area (Å²) in [4.78, 5) is 38.3. The van der Waals surface area contributed by atoms with Gasteiger partial charge in [-0.15, -0.1) is 0 Å². The van der Waals surface area contributed by atoms with Crippen LogP contribution in [0.1, 0.15) is 105 Å². The maximum atomic E-state index is 13.1. The highest BCUT2D eigenvalue weighted by atomic mass is 32.2. The number of carboxylic acids is 1. The number of carbonyl (C=O) groups excluding carboxylic acids is 2. The van der Waals surface area contributed by atoms with Crippen molar-refractivity contribution in [1.29, 1.82) is 0 Å². The van der Waals surface area contributed by atoms with E-state index in [1.54, 1.807) is 13.8 Å². The van der Waals surface area contributed by atoms with Crippen molar-refractivity contribution in [2.24, 2.45) is 10.8 Å². The number of carbonyl (C=O) groups is 3. The molecule has 0 amide bonds. The van der Waals surface area contributed by atoms with Gasteiger partial charge in [0.25, 0.3) is 0 Å². The Morgan fingerprint density at radius 3 is 1.84 bits per heavy atom. The summed E-state index contributed by atoms with van der Waals surface area (Å²) in [5.74, 6) is -1.03. The first-order valence-electron chi connectivity index (χ1n) is 13.1. The number of ketones is 2. The van der Waals surface area contributed by atoms with Crippen molar-refractivity contribution >= 4 is 48.8 Å². The van der Waals surface area contributed by atoms with Gasteiger partial charge in [-0.1, -0.05) is 26.7 Å². The molecule has 0 bridgehead atoms. The lowest BCUT2D eigenvalue weighted by molar-refractivity contribution is -0.147. The number of unbranched alkanes of at least 4 members (excludes halogenated alkanes) is 2. The fourth-order valence-corrected chi connectivity index (χ4v) is 7.39. The number of rotatable bonds is 15. The molecule has 210 valence electrons. The lowest BCUT2D eigenvalue weighted by atomic mass is 9.87. The number of aliphatic hydroxyl groups excluding tert-OH is 1. The van der Waals surface area contributed by atoms with E-state index < -0.39 is 32.9 Å². The average molecular weight is 555 g/mol.